The zero-order valence-corrected chi connectivity index (χ0v) is 14.6. The molecule has 3 rings (SSSR count). The van der Waals surface area contributed by atoms with Crippen LogP contribution in [0.1, 0.15) is 31.4 Å². The Hall–Kier alpha value is -1.45. The van der Waals surface area contributed by atoms with Crippen LogP contribution in [-0.4, -0.2) is 11.2 Å². The molecular formula is C19H20ClNOS. The lowest BCUT2D eigenvalue weighted by molar-refractivity contribution is -0.121. The number of carbonyl (C=O) groups is 1. The Morgan fingerprint density at radius 1 is 1.13 bits per heavy atom. The Morgan fingerprint density at radius 2 is 1.78 bits per heavy atom. The molecule has 0 spiro atoms. The summed E-state index contributed by atoms with van der Waals surface area (Å²) in [4.78, 5) is 13.6. The predicted molar refractivity (Wildman–Crippen MR) is 96.8 cm³/mol. The van der Waals surface area contributed by atoms with Gasteiger partial charge in [0.1, 0.15) is 0 Å². The quantitative estimate of drug-likeness (QED) is 0.739. The van der Waals surface area contributed by atoms with Crippen LogP contribution in [0.15, 0.2) is 59.5 Å². The summed E-state index contributed by atoms with van der Waals surface area (Å²) in [6, 6.07) is 18.0. The minimum absolute atomic E-state index is 0.0886. The third-order valence-electron chi connectivity index (χ3n) is 4.05. The molecule has 4 heteroatoms. The molecule has 120 valence electrons. The molecule has 0 radical (unpaired) electrons. The molecule has 2 atom stereocenters. The predicted octanol–water partition coefficient (Wildman–Crippen LogP) is 5.09. The van der Waals surface area contributed by atoms with Crippen molar-refractivity contribution in [1.29, 1.82) is 0 Å². The molecule has 1 N–H and O–H groups in total. The molecule has 0 aromatic heterocycles. The highest BCUT2D eigenvalue weighted by Crippen LogP contribution is 2.41. The lowest BCUT2D eigenvalue weighted by Crippen LogP contribution is -2.35. The molecular weight excluding hydrogens is 326 g/mol. The summed E-state index contributed by atoms with van der Waals surface area (Å²) in [5, 5.41) is 3.82. The van der Waals surface area contributed by atoms with E-state index in [0.717, 1.165) is 4.90 Å². The molecule has 1 aliphatic carbocycles. The average Bonchev–Trinajstić information content (AvgIpc) is 3.40. The number of rotatable bonds is 6. The normalized spacial score (nSPS) is 16.6. The van der Waals surface area contributed by atoms with Gasteiger partial charge in [-0.2, -0.15) is 0 Å². The Kier molecular flexibility index (Phi) is 5.29. The standard InChI is InChI=1S/C19H20ClNOS/c1-13(23-17-11-9-16(20)10-12-17)19(22)21-18(15-7-8-15)14-5-3-2-4-6-14/h2-6,9-13,15,18H,7-8H2,1H3,(H,21,22). The van der Waals surface area contributed by atoms with Crippen LogP contribution in [0.3, 0.4) is 0 Å². The molecule has 2 aromatic carbocycles. The van der Waals surface area contributed by atoms with Gasteiger partial charge in [-0.1, -0.05) is 41.9 Å². The van der Waals surface area contributed by atoms with Crippen molar-refractivity contribution in [2.24, 2.45) is 5.92 Å². The lowest BCUT2D eigenvalue weighted by atomic mass is 10.0. The molecule has 0 saturated heterocycles. The Bertz CT molecular complexity index is 655. The molecule has 1 saturated carbocycles. The monoisotopic (exact) mass is 345 g/mol. The van der Waals surface area contributed by atoms with E-state index < -0.39 is 0 Å². The van der Waals surface area contributed by atoms with Crippen LogP contribution in [0.25, 0.3) is 0 Å². The van der Waals surface area contributed by atoms with Crippen molar-refractivity contribution in [3.05, 3.63) is 65.2 Å². The van der Waals surface area contributed by atoms with Gasteiger partial charge in [-0.25, -0.2) is 0 Å². The average molecular weight is 346 g/mol. The minimum atomic E-state index is -0.138. The summed E-state index contributed by atoms with van der Waals surface area (Å²) in [6.07, 6.45) is 2.39. The van der Waals surface area contributed by atoms with Crippen LogP contribution in [0.5, 0.6) is 0 Å². The maximum atomic E-state index is 12.6. The summed E-state index contributed by atoms with van der Waals surface area (Å²) >= 11 is 7.46. The first-order valence-electron chi connectivity index (χ1n) is 7.91. The first-order valence-corrected chi connectivity index (χ1v) is 9.17. The fourth-order valence-electron chi connectivity index (χ4n) is 2.60. The molecule has 0 bridgehead atoms. The number of nitrogens with one attached hydrogen (secondary N) is 1. The summed E-state index contributed by atoms with van der Waals surface area (Å²) in [6.45, 7) is 1.95. The Morgan fingerprint density at radius 3 is 2.39 bits per heavy atom. The number of halogens is 1. The highest BCUT2D eigenvalue weighted by Gasteiger charge is 2.34. The number of hydrogen-bond donors (Lipinski definition) is 1. The van der Waals surface area contributed by atoms with Crippen LogP contribution >= 0.6 is 23.4 Å². The van der Waals surface area contributed by atoms with Crippen molar-refractivity contribution in [2.45, 2.75) is 36.0 Å². The molecule has 23 heavy (non-hydrogen) atoms. The highest BCUT2D eigenvalue weighted by molar-refractivity contribution is 8.00. The second kappa shape index (κ2) is 7.41. The first-order chi connectivity index (χ1) is 11.1. The van der Waals surface area contributed by atoms with Crippen molar-refractivity contribution in [1.82, 2.24) is 5.32 Å². The van der Waals surface area contributed by atoms with Crippen LogP contribution in [0.2, 0.25) is 5.02 Å². The van der Waals surface area contributed by atoms with E-state index in [9.17, 15) is 4.79 Å². The third-order valence-corrected chi connectivity index (χ3v) is 5.41. The molecule has 1 amide bonds. The van der Waals surface area contributed by atoms with E-state index in [0.29, 0.717) is 10.9 Å². The smallest absolute Gasteiger partial charge is 0.233 e. The molecule has 2 unspecified atom stereocenters. The fourth-order valence-corrected chi connectivity index (χ4v) is 3.61. The van der Waals surface area contributed by atoms with E-state index in [1.807, 2.05) is 49.4 Å². The van der Waals surface area contributed by atoms with E-state index in [-0.39, 0.29) is 17.2 Å². The second-order valence-electron chi connectivity index (χ2n) is 5.95. The van der Waals surface area contributed by atoms with E-state index in [4.69, 9.17) is 11.6 Å². The third kappa shape index (κ3) is 4.52. The zero-order chi connectivity index (χ0) is 16.2. The minimum Gasteiger partial charge on any atom is -0.348 e. The van der Waals surface area contributed by atoms with Crippen molar-refractivity contribution in [3.8, 4) is 0 Å². The molecule has 1 fully saturated rings. The van der Waals surface area contributed by atoms with Crippen molar-refractivity contribution < 1.29 is 4.79 Å². The van der Waals surface area contributed by atoms with E-state index in [1.54, 1.807) is 11.8 Å². The van der Waals surface area contributed by atoms with Gasteiger partial charge in [0.05, 0.1) is 11.3 Å². The first kappa shape index (κ1) is 16.4. The van der Waals surface area contributed by atoms with Gasteiger partial charge in [0.2, 0.25) is 5.91 Å². The van der Waals surface area contributed by atoms with Crippen LogP contribution in [0, 0.1) is 5.92 Å². The zero-order valence-electron chi connectivity index (χ0n) is 13.0. The second-order valence-corrected chi connectivity index (χ2v) is 7.80. The largest absolute Gasteiger partial charge is 0.348 e. The molecule has 2 aromatic rings. The lowest BCUT2D eigenvalue weighted by Gasteiger charge is -2.21. The molecule has 1 aliphatic rings. The molecule has 0 heterocycles. The number of benzene rings is 2. The van der Waals surface area contributed by atoms with Gasteiger partial charge in [0, 0.05) is 9.92 Å². The van der Waals surface area contributed by atoms with Crippen LogP contribution in [-0.2, 0) is 4.79 Å². The van der Waals surface area contributed by atoms with E-state index in [1.165, 1.54) is 18.4 Å². The van der Waals surface area contributed by atoms with Crippen molar-refractivity contribution in [2.75, 3.05) is 0 Å². The number of thioether (sulfide) groups is 1. The molecule has 2 nitrogen and oxygen atoms in total. The fraction of sp³-hybridized carbons (Fsp3) is 0.316. The van der Waals surface area contributed by atoms with Crippen molar-refractivity contribution >= 4 is 29.3 Å². The van der Waals surface area contributed by atoms with Gasteiger partial charge >= 0.3 is 0 Å². The summed E-state index contributed by atoms with van der Waals surface area (Å²) in [7, 11) is 0. The Balaban J connectivity index is 1.63. The number of hydrogen-bond acceptors (Lipinski definition) is 2. The van der Waals surface area contributed by atoms with Gasteiger partial charge < -0.3 is 5.32 Å². The van der Waals surface area contributed by atoms with Gasteiger partial charge in [0.15, 0.2) is 0 Å². The maximum Gasteiger partial charge on any atom is 0.233 e. The summed E-state index contributed by atoms with van der Waals surface area (Å²) in [5.74, 6) is 0.666. The summed E-state index contributed by atoms with van der Waals surface area (Å²) < 4.78 is 0. The summed E-state index contributed by atoms with van der Waals surface area (Å²) in [5.41, 5.74) is 1.20. The number of carbonyl (C=O) groups excluding carboxylic acids is 1. The van der Waals surface area contributed by atoms with Gasteiger partial charge in [-0.05, 0) is 55.5 Å². The maximum absolute atomic E-state index is 12.6. The van der Waals surface area contributed by atoms with Crippen molar-refractivity contribution in [3.63, 3.8) is 0 Å². The van der Waals surface area contributed by atoms with Gasteiger partial charge in [0.25, 0.3) is 0 Å². The SMILES string of the molecule is CC(Sc1ccc(Cl)cc1)C(=O)NC(c1ccccc1)C1CC1. The van der Waals surface area contributed by atoms with E-state index >= 15 is 0 Å². The van der Waals surface area contributed by atoms with Crippen LogP contribution < -0.4 is 5.32 Å². The highest BCUT2D eigenvalue weighted by atomic mass is 35.5. The van der Waals surface area contributed by atoms with Crippen LogP contribution in [0.4, 0.5) is 0 Å². The molecule has 0 aliphatic heterocycles. The van der Waals surface area contributed by atoms with Gasteiger partial charge in [-0.15, -0.1) is 11.8 Å². The van der Waals surface area contributed by atoms with Gasteiger partial charge in [-0.3, -0.25) is 4.79 Å². The Labute approximate surface area is 146 Å². The topological polar surface area (TPSA) is 29.1 Å². The number of amides is 1. The van der Waals surface area contributed by atoms with E-state index in [2.05, 4.69) is 17.4 Å².